The number of hydrogen-bond acceptors (Lipinski definition) is 4. The summed E-state index contributed by atoms with van der Waals surface area (Å²) < 4.78 is 0.998. The molecule has 0 bridgehead atoms. The molecule has 0 aliphatic carbocycles. The van der Waals surface area contributed by atoms with E-state index in [1.165, 1.54) is 0 Å². The van der Waals surface area contributed by atoms with Crippen LogP contribution < -0.4 is 5.56 Å². The molecular weight excluding hydrogens is 272 g/mol. The van der Waals surface area contributed by atoms with Gasteiger partial charge in [-0.2, -0.15) is 5.26 Å². The first-order valence-electron chi connectivity index (χ1n) is 6.18. The number of aryl methyl sites for hydroxylation is 1. The molecule has 2 rings (SSSR count). The van der Waals surface area contributed by atoms with Gasteiger partial charge in [0.25, 0.3) is 5.56 Å². The zero-order chi connectivity index (χ0) is 15.4. The van der Waals surface area contributed by atoms with Crippen molar-refractivity contribution in [1.82, 2.24) is 4.57 Å². The number of carboxylic acid groups (broad SMARTS) is 1. The zero-order valence-electron chi connectivity index (χ0n) is 11.0. The summed E-state index contributed by atoms with van der Waals surface area (Å²) in [6.07, 6.45) is 0.478. The van der Waals surface area contributed by atoms with Crippen molar-refractivity contribution >= 4 is 5.97 Å². The van der Waals surface area contributed by atoms with E-state index in [1.54, 1.807) is 6.07 Å². The molecule has 1 heterocycles. The fourth-order valence-corrected chi connectivity index (χ4v) is 2.01. The number of rotatable bonds is 4. The van der Waals surface area contributed by atoms with E-state index < -0.39 is 28.5 Å². The second-order valence-electron chi connectivity index (χ2n) is 4.40. The minimum absolute atomic E-state index is 0.156. The predicted molar refractivity (Wildman–Crippen MR) is 74.2 cm³/mol. The molecule has 0 radical (unpaired) electrons. The zero-order valence-corrected chi connectivity index (χ0v) is 11.0. The third kappa shape index (κ3) is 2.92. The Hall–Kier alpha value is -3.07. The Morgan fingerprint density at radius 2 is 1.95 bits per heavy atom. The number of aromatic nitrogens is 1. The lowest BCUT2D eigenvalue weighted by Crippen LogP contribution is -2.26. The van der Waals surface area contributed by atoms with E-state index in [-0.39, 0.29) is 6.54 Å². The number of nitrogens with zero attached hydrogens (tertiary/aromatic N) is 2. The van der Waals surface area contributed by atoms with Gasteiger partial charge in [0, 0.05) is 12.6 Å². The van der Waals surface area contributed by atoms with Gasteiger partial charge in [0.1, 0.15) is 11.6 Å². The Morgan fingerprint density at radius 1 is 1.29 bits per heavy atom. The molecule has 2 N–H and O–H groups in total. The number of aromatic hydroxyl groups is 1. The highest BCUT2D eigenvalue weighted by atomic mass is 16.4. The van der Waals surface area contributed by atoms with Gasteiger partial charge in [-0.25, -0.2) is 4.79 Å². The summed E-state index contributed by atoms with van der Waals surface area (Å²) in [7, 11) is 0. The molecule has 0 atom stereocenters. The standard InChI is InChI=1S/C15H12N2O4/c16-9-12-11(15(20)21)8-13(18)17(14(12)19)7-6-10-4-2-1-3-5-10/h1-5,8,18H,6-7H2,(H,20,21). The molecule has 106 valence electrons. The summed E-state index contributed by atoms with van der Waals surface area (Å²) in [4.78, 5) is 23.0. The smallest absolute Gasteiger partial charge is 0.337 e. The lowest BCUT2D eigenvalue weighted by atomic mass is 10.1. The van der Waals surface area contributed by atoms with Crippen molar-refractivity contribution in [2.24, 2.45) is 0 Å². The first kappa shape index (κ1) is 14.3. The summed E-state index contributed by atoms with van der Waals surface area (Å²) in [6.45, 7) is 0.156. The van der Waals surface area contributed by atoms with E-state index >= 15 is 0 Å². The number of carbonyl (C=O) groups is 1. The Morgan fingerprint density at radius 3 is 2.52 bits per heavy atom. The van der Waals surface area contributed by atoms with Gasteiger partial charge in [0.15, 0.2) is 5.88 Å². The Bertz CT molecular complexity index is 773. The van der Waals surface area contributed by atoms with Crippen LogP contribution in [0.2, 0.25) is 0 Å². The van der Waals surface area contributed by atoms with Gasteiger partial charge in [-0.05, 0) is 12.0 Å². The van der Waals surface area contributed by atoms with Crippen LogP contribution in [-0.4, -0.2) is 20.7 Å². The van der Waals surface area contributed by atoms with Crippen molar-refractivity contribution in [2.75, 3.05) is 0 Å². The number of hydrogen-bond donors (Lipinski definition) is 2. The van der Waals surface area contributed by atoms with E-state index in [0.717, 1.165) is 16.2 Å². The first-order chi connectivity index (χ1) is 10.0. The van der Waals surface area contributed by atoms with Crippen LogP contribution in [0.4, 0.5) is 0 Å². The van der Waals surface area contributed by atoms with E-state index in [1.807, 2.05) is 30.3 Å². The van der Waals surface area contributed by atoms with Crippen molar-refractivity contribution in [3.8, 4) is 11.9 Å². The minimum atomic E-state index is -1.42. The van der Waals surface area contributed by atoms with Crippen LogP contribution in [-0.2, 0) is 13.0 Å². The van der Waals surface area contributed by atoms with Gasteiger partial charge in [-0.1, -0.05) is 30.3 Å². The maximum atomic E-state index is 12.1. The molecule has 0 spiro atoms. The van der Waals surface area contributed by atoms with Crippen LogP contribution >= 0.6 is 0 Å². The molecule has 0 unspecified atom stereocenters. The van der Waals surface area contributed by atoms with Crippen LogP contribution in [0.5, 0.6) is 5.88 Å². The summed E-state index contributed by atoms with van der Waals surface area (Å²) in [5, 5.41) is 27.7. The first-order valence-corrected chi connectivity index (χ1v) is 6.18. The van der Waals surface area contributed by atoms with E-state index in [0.29, 0.717) is 6.42 Å². The van der Waals surface area contributed by atoms with Crippen LogP contribution in [0.15, 0.2) is 41.2 Å². The lowest BCUT2D eigenvalue weighted by molar-refractivity contribution is 0.0695. The van der Waals surface area contributed by atoms with E-state index in [9.17, 15) is 14.7 Å². The monoisotopic (exact) mass is 284 g/mol. The quantitative estimate of drug-likeness (QED) is 0.882. The van der Waals surface area contributed by atoms with Gasteiger partial charge in [-0.15, -0.1) is 0 Å². The second kappa shape index (κ2) is 5.92. The Balaban J connectivity index is 2.39. The van der Waals surface area contributed by atoms with Gasteiger partial charge < -0.3 is 10.2 Å². The molecule has 1 aromatic carbocycles. The average Bonchev–Trinajstić information content (AvgIpc) is 2.47. The third-order valence-corrected chi connectivity index (χ3v) is 3.09. The molecule has 1 aromatic heterocycles. The lowest BCUT2D eigenvalue weighted by Gasteiger charge is -2.10. The molecule has 0 saturated heterocycles. The highest BCUT2D eigenvalue weighted by molar-refractivity contribution is 5.90. The molecular formula is C15H12N2O4. The Kier molecular flexibility index (Phi) is 4.05. The van der Waals surface area contributed by atoms with Gasteiger partial charge in [-0.3, -0.25) is 9.36 Å². The number of pyridine rings is 1. The third-order valence-electron chi connectivity index (χ3n) is 3.09. The molecule has 21 heavy (non-hydrogen) atoms. The van der Waals surface area contributed by atoms with Crippen molar-refractivity contribution < 1.29 is 15.0 Å². The van der Waals surface area contributed by atoms with Crippen LogP contribution in [0, 0.1) is 11.3 Å². The summed E-state index contributed by atoms with van der Waals surface area (Å²) in [5.41, 5.74) is -0.806. The number of aromatic carboxylic acids is 1. The van der Waals surface area contributed by atoms with Crippen LogP contribution in [0.3, 0.4) is 0 Å². The highest BCUT2D eigenvalue weighted by Gasteiger charge is 2.18. The van der Waals surface area contributed by atoms with E-state index in [2.05, 4.69) is 0 Å². The van der Waals surface area contributed by atoms with Crippen molar-refractivity contribution in [2.45, 2.75) is 13.0 Å². The predicted octanol–water partition coefficient (Wildman–Crippen LogP) is 1.37. The number of benzene rings is 1. The maximum Gasteiger partial charge on any atom is 0.337 e. The molecule has 6 nitrogen and oxygen atoms in total. The number of nitriles is 1. The summed E-state index contributed by atoms with van der Waals surface area (Å²) >= 11 is 0. The van der Waals surface area contributed by atoms with Crippen LogP contribution in [0.25, 0.3) is 0 Å². The average molecular weight is 284 g/mol. The fraction of sp³-hybridized carbons (Fsp3) is 0.133. The molecule has 0 fully saturated rings. The van der Waals surface area contributed by atoms with Gasteiger partial charge in [0.05, 0.1) is 5.56 Å². The maximum absolute atomic E-state index is 12.1. The number of carboxylic acids is 1. The molecule has 0 aliphatic rings. The van der Waals surface area contributed by atoms with Crippen molar-refractivity contribution in [3.63, 3.8) is 0 Å². The van der Waals surface area contributed by atoms with E-state index in [4.69, 9.17) is 10.4 Å². The minimum Gasteiger partial charge on any atom is -0.494 e. The normalized spacial score (nSPS) is 10.0. The summed E-state index contributed by atoms with van der Waals surface area (Å²) in [5.74, 6) is -1.89. The molecule has 0 amide bonds. The van der Waals surface area contributed by atoms with Gasteiger partial charge in [0.2, 0.25) is 0 Å². The topological polar surface area (TPSA) is 103 Å². The highest BCUT2D eigenvalue weighted by Crippen LogP contribution is 2.14. The van der Waals surface area contributed by atoms with Gasteiger partial charge >= 0.3 is 5.97 Å². The molecule has 2 aromatic rings. The molecule has 0 saturated carbocycles. The molecule has 6 heteroatoms. The van der Waals surface area contributed by atoms with Crippen LogP contribution in [0.1, 0.15) is 21.5 Å². The Labute approximate surface area is 120 Å². The SMILES string of the molecule is N#Cc1c(C(=O)O)cc(O)n(CCc2ccccc2)c1=O. The largest absolute Gasteiger partial charge is 0.494 e. The second-order valence-corrected chi connectivity index (χ2v) is 4.40. The van der Waals surface area contributed by atoms with Crippen molar-refractivity contribution in [1.29, 1.82) is 5.26 Å². The summed E-state index contributed by atoms with van der Waals surface area (Å²) in [6, 6.07) is 11.8. The fourth-order valence-electron chi connectivity index (χ4n) is 2.01. The van der Waals surface area contributed by atoms with Crippen molar-refractivity contribution in [3.05, 3.63) is 63.4 Å². The molecule has 0 aliphatic heterocycles.